The zero-order chi connectivity index (χ0) is 20.8. The number of amides is 2. The number of rotatable bonds is 7. The molecule has 2 heterocycles. The fourth-order valence-electron chi connectivity index (χ4n) is 3.37. The Labute approximate surface area is 173 Å². The lowest BCUT2D eigenvalue weighted by atomic mass is 10.0. The van der Waals surface area contributed by atoms with Gasteiger partial charge in [0.25, 0.3) is 0 Å². The quantitative estimate of drug-likeness (QED) is 0.726. The molecular formula is C21H23N3O4S. The molecule has 1 aliphatic rings. The summed E-state index contributed by atoms with van der Waals surface area (Å²) in [5.74, 6) is 0.275. The molecule has 7 nitrogen and oxygen atoms in total. The van der Waals surface area contributed by atoms with Gasteiger partial charge in [-0.15, -0.1) is 11.3 Å². The van der Waals surface area contributed by atoms with Crippen LogP contribution in [0.15, 0.2) is 24.3 Å². The summed E-state index contributed by atoms with van der Waals surface area (Å²) in [6.45, 7) is 2.76. The van der Waals surface area contributed by atoms with E-state index in [0.717, 1.165) is 21.8 Å². The van der Waals surface area contributed by atoms with E-state index in [-0.39, 0.29) is 18.2 Å². The number of benzene rings is 1. The molecule has 1 aliphatic heterocycles. The average molecular weight is 413 g/mol. The zero-order valence-electron chi connectivity index (χ0n) is 16.2. The van der Waals surface area contributed by atoms with E-state index >= 15 is 0 Å². The van der Waals surface area contributed by atoms with Crippen molar-refractivity contribution in [3.05, 3.63) is 45.8 Å². The first-order valence-electron chi connectivity index (χ1n) is 9.51. The van der Waals surface area contributed by atoms with Crippen LogP contribution in [-0.2, 0) is 29.0 Å². The molecule has 0 bridgehead atoms. The number of nitrogens with zero attached hydrogens (tertiary/aromatic N) is 2. The summed E-state index contributed by atoms with van der Waals surface area (Å²) in [6, 6.07) is 9.83. The van der Waals surface area contributed by atoms with E-state index < -0.39 is 6.61 Å². The van der Waals surface area contributed by atoms with Crippen molar-refractivity contribution >= 4 is 28.2 Å². The second-order valence-corrected chi connectivity index (χ2v) is 7.74. The number of aliphatic hydroxyl groups is 1. The molecule has 0 fully saturated rings. The fraction of sp³-hybridized carbons (Fsp3) is 0.381. The Balaban J connectivity index is 1.68. The summed E-state index contributed by atoms with van der Waals surface area (Å²) in [6.07, 6.45) is 1.35. The van der Waals surface area contributed by atoms with Crippen molar-refractivity contribution in [3.63, 3.8) is 0 Å². The monoisotopic (exact) mass is 413 g/mol. The molecule has 8 heteroatoms. The smallest absolute Gasteiger partial charge is 0.248 e. The number of aliphatic hydroxyl groups excluding tert-OH is 1. The number of nitrogens with one attached hydrogen (secondary N) is 1. The summed E-state index contributed by atoms with van der Waals surface area (Å²) < 4.78 is 5.60. The highest BCUT2D eigenvalue weighted by Gasteiger charge is 2.27. The van der Waals surface area contributed by atoms with Gasteiger partial charge in [0.05, 0.1) is 18.7 Å². The van der Waals surface area contributed by atoms with Gasteiger partial charge in [-0.1, -0.05) is 18.2 Å². The maximum absolute atomic E-state index is 12.5. The number of nitriles is 1. The van der Waals surface area contributed by atoms with Crippen molar-refractivity contribution in [2.45, 2.75) is 32.7 Å². The number of para-hydroxylation sites is 1. The average Bonchev–Trinajstić information content (AvgIpc) is 3.08. The van der Waals surface area contributed by atoms with E-state index in [2.05, 4.69) is 11.4 Å². The molecule has 0 saturated heterocycles. The molecule has 2 aromatic rings. The van der Waals surface area contributed by atoms with Crippen LogP contribution in [0.3, 0.4) is 0 Å². The van der Waals surface area contributed by atoms with Crippen LogP contribution < -0.4 is 10.1 Å². The molecule has 152 valence electrons. The lowest BCUT2D eigenvalue weighted by Crippen LogP contribution is -2.37. The van der Waals surface area contributed by atoms with E-state index in [9.17, 15) is 14.9 Å². The lowest BCUT2D eigenvalue weighted by molar-refractivity contribution is -0.135. The molecule has 0 unspecified atom stereocenters. The van der Waals surface area contributed by atoms with Crippen LogP contribution in [0.2, 0.25) is 0 Å². The van der Waals surface area contributed by atoms with Gasteiger partial charge in [-0.3, -0.25) is 9.59 Å². The number of carbonyl (C=O) groups excluding carboxylic acids is 2. The summed E-state index contributed by atoms with van der Waals surface area (Å²) in [5, 5.41) is 22.0. The van der Waals surface area contributed by atoms with Crippen molar-refractivity contribution in [3.8, 4) is 11.8 Å². The molecule has 29 heavy (non-hydrogen) atoms. The highest BCUT2D eigenvalue weighted by molar-refractivity contribution is 7.16. The van der Waals surface area contributed by atoms with Crippen LogP contribution in [0, 0.1) is 11.3 Å². The Kier molecular flexibility index (Phi) is 6.86. The largest absolute Gasteiger partial charge is 0.494 e. The molecule has 3 rings (SSSR count). The van der Waals surface area contributed by atoms with E-state index in [0.29, 0.717) is 43.1 Å². The third-order valence-corrected chi connectivity index (χ3v) is 5.94. The highest BCUT2D eigenvalue weighted by Crippen LogP contribution is 2.36. The minimum absolute atomic E-state index is 0.172. The molecule has 0 atom stereocenters. The molecule has 2 N–H and O–H groups in total. The summed E-state index contributed by atoms with van der Waals surface area (Å²) in [4.78, 5) is 26.7. The number of anilines is 1. The van der Waals surface area contributed by atoms with Crippen molar-refractivity contribution < 1.29 is 19.4 Å². The minimum atomic E-state index is -0.529. The molecule has 1 aromatic heterocycles. The topological polar surface area (TPSA) is 103 Å². The maximum Gasteiger partial charge on any atom is 0.248 e. The number of aryl methyl sites for hydroxylation is 1. The van der Waals surface area contributed by atoms with Gasteiger partial charge in [0.2, 0.25) is 11.8 Å². The van der Waals surface area contributed by atoms with Crippen LogP contribution in [0.25, 0.3) is 0 Å². The molecule has 0 radical (unpaired) electrons. The van der Waals surface area contributed by atoms with Gasteiger partial charge in [-0.2, -0.15) is 5.26 Å². The SMILES string of the molecule is CCOc1ccccc1CCC(=O)Nc1sc2c(c1C#N)CCN(C(=O)CO)C2. The number of hydrogen-bond donors (Lipinski definition) is 2. The number of carbonyl (C=O) groups is 2. The Bertz CT molecular complexity index is 948. The third kappa shape index (κ3) is 4.75. The van der Waals surface area contributed by atoms with Crippen LogP contribution in [0.5, 0.6) is 5.75 Å². The second-order valence-electron chi connectivity index (χ2n) is 6.63. The predicted molar refractivity (Wildman–Crippen MR) is 110 cm³/mol. The van der Waals surface area contributed by atoms with Crippen LogP contribution in [0.4, 0.5) is 5.00 Å². The van der Waals surface area contributed by atoms with E-state index in [1.54, 1.807) is 4.90 Å². The first kappa shape index (κ1) is 20.8. The van der Waals surface area contributed by atoms with E-state index in [4.69, 9.17) is 9.84 Å². The number of fused-ring (bicyclic) bond motifs is 1. The van der Waals surface area contributed by atoms with Crippen LogP contribution in [-0.4, -0.2) is 41.6 Å². The van der Waals surface area contributed by atoms with Crippen molar-refractivity contribution in [1.29, 1.82) is 5.26 Å². The summed E-state index contributed by atoms with van der Waals surface area (Å²) in [7, 11) is 0. The number of ether oxygens (including phenoxy) is 1. The van der Waals surface area contributed by atoms with Crippen molar-refractivity contribution in [1.82, 2.24) is 4.90 Å². The lowest BCUT2D eigenvalue weighted by Gasteiger charge is -2.26. The summed E-state index contributed by atoms with van der Waals surface area (Å²) in [5.41, 5.74) is 2.33. The third-order valence-electron chi connectivity index (χ3n) is 4.80. The highest BCUT2D eigenvalue weighted by atomic mass is 32.1. The first-order valence-corrected chi connectivity index (χ1v) is 10.3. The van der Waals surface area contributed by atoms with E-state index in [1.165, 1.54) is 11.3 Å². The Morgan fingerprint density at radius 1 is 1.38 bits per heavy atom. The first-order chi connectivity index (χ1) is 14.1. The van der Waals surface area contributed by atoms with Gasteiger partial charge >= 0.3 is 0 Å². The molecule has 2 amide bonds. The molecule has 0 saturated carbocycles. The second kappa shape index (κ2) is 9.54. The maximum atomic E-state index is 12.5. The van der Waals surface area contributed by atoms with Crippen molar-refractivity contribution in [2.75, 3.05) is 25.1 Å². The predicted octanol–water partition coefficient (Wildman–Crippen LogP) is 2.47. The molecule has 0 spiro atoms. The van der Waals surface area contributed by atoms with Gasteiger partial charge in [-0.25, -0.2) is 0 Å². The zero-order valence-corrected chi connectivity index (χ0v) is 17.1. The number of hydrogen-bond acceptors (Lipinski definition) is 6. The van der Waals surface area contributed by atoms with Crippen LogP contribution in [0.1, 0.15) is 34.9 Å². The van der Waals surface area contributed by atoms with Crippen LogP contribution >= 0.6 is 11.3 Å². The van der Waals surface area contributed by atoms with Gasteiger partial charge in [-0.05, 0) is 37.0 Å². The van der Waals surface area contributed by atoms with Gasteiger partial charge in [0, 0.05) is 17.8 Å². The standard InChI is InChI=1S/C21H23N3O4S/c1-2-28-17-6-4-3-5-14(17)7-8-19(26)23-21-16(11-22)15-9-10-24(20(27)13-25)12-18(15)29-21/h3-6,25H,2,7-10,12-13H2,1H3,(H,23,26). The van der Waals surface area contributed by atoms with Gasteiger partial charge in [0.15, 0.2) is 0 Å². The Morgan fingerprint density at radius 3 is 2.90 bits per heavy atom. The summed E-state index contributed by atoms with van der Waals surface area (Å²) >= 11 is 1.32. The molecule has 1 aromatic carbocycles. The Morgan fingerprint density at radius 2 is 2.17 bits per heavy atom. The fourth-order valence-corrected chi connectivity index (χ4v) is 4.60. The Hall–Kier alpha value is -2.89. The molecule has 0 aliphatic carbocycles. The van der Waals surface area contributed by atoms with Crippen molar-refractivity contribution in [2.24, 2.45) is 0 Å². The minimum Gasteiger partial charge on any atom is -0.494 e. The van der Waals surface area contributed by atoms with Gasteiger partial charge < -0.3 is 20.1 Å². The van der Waals surface area contributed by atoms with E-state index in [1.807, 2.05) is 31.2 Å². The molecular weight excluding hydrogens is 390 g/mol. The number of thiophene rings is 1. The normalized spacial score (nSPS) is 12.8. The van der Waals surface area contributed by atoms with Gasteiger partial charge in [0.1, 0.15) is 23.4 Å².